The Morgan fingerprint density at radius 3 is 2.33 bits per heavy atom. The van der Waals surface area contributed by atoms with Crippen LogP contribution in [0.25, 0.3) is 11.0 Å². The summed E-state index contributed by atoms with van der Waals surface area (Å²) in [5.74, 6) is 0.336. The first kappa shape index (κ1) is 17.1. The van der Waals surface area contributed by atoms with Gasteiger partial charge in [-0.3, -0.25) is 13.9 Å². The predicted molar refractivity (Wildman–Crippen MR) is 97.5 cm³/mol. The molecule has 1 aromatic carbocycles. The number of nitrogens with zero attached hydrogens (tertiary/aromatic N) is 2. The van der Waals surface area contributed by atoms with Crippen LogP contribution in [0.5, 0.6) is 5.75 Å². The second-order valence-electron chi connectivity index (χ2n) is 5.11. The molecule has 3 aromatic rings. The third kappa shape index (κ3) is 2.74. The van der Waals surface area contributed by atoms with Gasteiger partial charge in [0.05, 0.1) is 27.6 Å². The average Bonchev–Trinajstić information content (AvgIpc) is 3.06. The summed E-state index contributed by atoms with van der Waals surface area (Å²) < 4.78 is 36.7. The first-order chi connectivity index (χ1) is 11.2. The minimum atomic E-state index is -3.75. The van der Waals surface area contributed by atoms with Crippen molar-refractivity contribution < 1.29 is 13.2 Å². The molecular formula is C14H14BrN3O4S2. The van der Waals surface area contributed by atoms with E-state index in [1.165, 1.54) is 22.3 Å². The molecule has 7 nitrogen and oxygen atoms in total. The largest absolute Gasteiger partial charge is 0.494 e. The van der Waals surface area contributed by atoms with E-state index in [9.17, 15) is 13.2 Å². The molecule has 0 bridgehead atoms. The maximum atomic E-state index is 12.5. The number of rotatable bonds is 4. The van der Waals surface area contributed by atoms with Crippen LogP contribution < -0.4 is 15.1 Å². The van der Waals surface area contributed by atoms with E-state index in [4.69, 9.17) is 4.74 Å². The molecule has 1 N–H and O–H groups in total. The van der Waals surface area contributed by atoms with Crippen molar-refractivity contribution in [3.05, 3.63) is 38.5 Å². The molecule has 0 spiro atoms. The van der Waals surface area contributed by atoms with E-state index >= 15 is 0 Å². The molecule has 0 saturated carbocycles. The Hall–Kier alpha value is -1.78. The van der Waals surface area contributed by atoms with Crippen molar-refractivity contribution in [2.24, 2.45) is 14.1 Å². The number of fused-ring (bicyclic) bond motifs is 1. The molecule has 3 rings (SSSR count). The minimum Gasteiger partial charge on any atom is -0.494 e. The van der Waals surface area contributed by atoms with Gasteiger partial charge in [0.15, 0.2) is 0 Å². The van der Waals surface area contributed by atoms with E-state index in [0.29, 0.717) is 16.8 Å². The maximum Gasteiger partial charge on any atom is 0.328 e. The minimum absolute atomic E-state index is 0.179. The number of imidazole rings is 1. The highest BCUT2D eigenvalue weighted by molar-refractivity contribution is 9.11. The quantitative estimate of drug-likeness (QED) is 0.687. The Morgan fingerprint density at radius 1 is 1.17 bits per heavy atom. The molecule has 2 heterocycles. The number of aryl methyl sites for hydroxylation is 2. The molecular weight excluding hydrogens is 418 g/mol. The van der Waals surface area contributed by atoms with Crippen LogP contribution in [-0.2, 0) is 24.1 Å². The van der Waals surface area contributed by atoms with Gasteiger partial charge in [-0.05, 0) is 34.1 Å². The summed E-state index contributed by atoms with van der Waals surface area (Å²) >= 11 is 4.36. The SMILES string of the molecule is COc1cc2c(cc1NS(=O)(=O)c1ccc(Br)s1)n(C)c(=O)n2C. The molecule has 0 fully saturated rings. The fraction of sp³-hybridized carbons (Fsp3) is 0.214. The van der Waals surface area contributed by atoms with Crippen LogP contribution in [0.2, 0.25) is 0 Å². The number of methoxy groups -OCH3 is 1. The fourth-order valence-corrected chi connectivity index (χ4v) is 5.48. The zero-order valence-electron chi connectivity index (χ0n) is 13.0. The van der Waals surface area contributed by atoms with E-state index < -0.39 is 10.0 Å². The molecule has 10 heteroatoms. The van der Waals surface area contributed by atoms with Gasteiger partial charge in [0.25, 0.3) is 10.0 Å². The lowest BCUT2D eigenvalue weighted by atomic mass is 10.2. The van der Waals surface area contributed by atoms with Crippen LogP contribution in [0.15, 0.2) is 37.1 Å². The van der Waals surface area contributed by atoms with Crippen molar-refractivity contribution >= 4 is 54.0 Å². The number of halogens is 1. The number of hydrogen-bond donors (Lipinski definition) is 1. The second kappa shape index (κ2) is 5.94. The summed E-state index contributed by atoms with van der Waals surface area (Å²) in [5, 5.41) is 0. The van der Waals surface area contributed by atoms with Crippen LogP contribution >= 0.6 is 27.3 Å². The van der Waals surface area contributed by atoms with Crippen molar-refractivity contribution in [2.45, 2.75) is 4.21 Å². The Labute approximate surface area is 150 Å². The topological polar surface area (TPSA) is 82.3 Å². The number of thiophene rings is 1. The lowest BCUT2D eigenvalue weighted by Crippen LogP contribution is -2.19. The number of ether oxygens (including phenoxy) is 1. The standard InChI is InChI=1S/C14H14BrN3O4S2/c1-17-9-6-8(11(22-3)7-10(9)18(2)14(17)19)16-24(20,21)13-5-4-12(15)23-13/h4-7,16H,1-3H3. The molecule has 0 aliphatic rings. The van der Waals surface area contributed by atoms with Crippen molar-refractivity contribution in [1.29, 1.82) is 0 Å². The van der Waals surface area contributed by atoms with Gasteiger partial charge in [-0.1, -0.05) is 0 Å². The van der Waals surface area contributed by atoms with Gasteiger partial charge in [-0.2, -0.15) is 0 Å². The highest BCUT2D eigenvalue weighted by Gasteiger charge is 2.20. The molecule has 2 aromatic heterocycles. The van der Waals surface area contributed by atoms with E-state index in [0.717, 1.165) is 15.1 Å². The summed E-state index contributed by atoms with van der Waals surface area (Å²) in [7, 11) is 0.981. The summed E-state index contributed by atoms with van der Waals surface area (Å²) in [6.07, 6.45) is 0. The molecule has 0 unspecified atom stereocenters. The van der Waals surface area contributed by atoms with Crippen LogP contribution in [0, 0.1) is 0 Å². The Balaban J connectivity index is 2.15. The third-order valence-electron chi connectivity index (χ3n) is 3.65. The van der Waals surface area contributed by atoms with Gasteiger partial charge in [-0.15, -0.1) is 11.3 Å². The summed E-state index contributed by atoms with van der Waals surface area (Å²) in [6, 6.07) is 6.41. The monoisotopic (exact) mass is 431 g/mol. The van der Waals surface area contributed by atoms with Crippen LogP contribution in [0.4, 0.5) is 5.69 Å². The summed E-state index contributed by atoms with van der Waals surface area (Å²) in [4.78, 5) is 12.1. The van der Waals surface area contributed by atoms with E-state index in [1.807, 2.05) is 0 Å². The molecule has 0 aliphatic carbocycles. The van der Waals surface area contributed by atoms with Gasteiger partial charge in [0.2, 0.25) is 0 Å². The number of hydrogen-bond acceptors (Lipinski definition) is 5. The van der Waals surface area contributed by atoms with E-state index in [-0.39, 0.29) is 15.6 Å². The Kier molecular flexibility index (Phi) is 4.22. The second-order valence-corrected chi connectivity index (χ2v) is 9.48. The van der Waals surface area contributed by atoms with Crippen LogP contribution in [0.3, 0.4) is 0 Å². The number of anilines is 1. The highest BCUT2D eigenvalue weighted by Crippen LogP contribution is 2.33. The molecule has 24 heavy (non-hydrogen) atoms. The van der Waals surface area contributed by atoms with Gasteiger partial charge in [-0.25, -0.2) is 13.2 Å². The van der Waals surface area contributed by atoms with E-state index in [1.54, 1.807) is 32.3 Å². The van der Waals surface area contributed by atoms with Gasteiger partial charge in [0, 0.05) is 20.2 Å². The lowest BCUT2D eigenvalue weighted by Gasteiger charge is -2.12. The Morgan fingerprint density at radius 2 is 1.79 bits per heavy atom. The number of sulfonamides is 1. The third-order valence-corrected chi connectivity index (χ3v) is 7.13. The molecule has 0 amide bonds. The summed E-state index contributed by atoms with van der Waals surface area (Å²) in [5.41, 5.74) is 1.33. The molecule has 0 atom stereocenters. The first-order valence-corrected chi connectivity index (χ1v) is 9.85. The number of aromatic nitrogens is 2. The average molecular weight is 432 g/mol. The number of nitrogens with one attached hydrogen (secondary N) is 1. The first-order valence-electron chi connectivity index (χ1n) is 6.76. The van der Waals surface area contributed by atoms with Crippen LogP contribution in [-0.4, -0.2) is 24.7 Å². The van der Waals surface area contributed by atoms with Crippen molar-refractivity contribution in [3.63, 3.8) is 0 Å². The van der Waals surface area contributed by atoms with E-state index in [2.05, 4.69) is 20.7 Å². The Bertz CT molecular complexity index is 1100. The molecule has 0 saturated heterocycles. The van der Waals surface area contributed by atoms with Crippen LogP contribution in [0.1, 0.15) is 0 Å². The molecule has 128 valence electrons. The smallest absolute Gasteiger partial charge is 0.328 e. The lowest BCUT2D eigenvalue weighted by molar-refractivity contribution is 0.417. The zero-order valence-corrected chi connectivity index (χ0v) is 16.3. The van der Waals surface area contributed by atoms with Gasteiger partial charge < -0.3 is 4.74 Å². The number of benzene rings is 1. The predicted octanol–water partition coefficient (Wildman–Crippen LogP) is 2.51. The van der Waals surface area contributed by atoms with Crippen molar-refractivity contribution in [2.75, 3.05) is 11.8 Å². The highest BCUT2D eigenvalue weighted by atomic mass is 79.9. The maximum absolute atomic E-state index is 12.5. The van der Waals surface area contributed by atoms with Crippen molar-refractivity contribution in [1.82, 2.24) is 9.13 Å². The fourth-order valence-electron chi connectivity index (χ4n) is 2.41. The van der Waals surface area contributed by atoms with Crippen molar-refractivity contribution in [3.8, 4) is 5.75 Å². The molecule has 0 radical (unpaired) electrons. The zero-order chi connectivity index (χ0) is 17.6. The van der Waals surface area contributed by atoms with Gasteiger partial charge in [0.1, 0.15) is 9.96 Å². The molecule has 0 aliphatic heterocycles. The summed E-state index contributed by atoms with van der Waals surface area (Å²) in [6.45, 7) is 0. The normalized spacial score (nSPS) is 11.8. The van der Waals surface area contributed by atoms with Gasteiger partial charge >= 0.3 is 5.69 Å².